The molecule has 0 heterocycles. The second kappa shape index (κ2) is 4.28. The maximum absolute atomic E-state index is 11.0. The normalized spacial score (nSPS) is 10.0. The highest BCUT2D eigenvalue weighted by molar-refractivity contribution is 6.27. The van der Waals surface area contributed by atoms with Crippen LogP contribution in [0.3, 0.4) is 0 Å². The first-order valence-corrected chi connectivity index (χ1v) is 4.59. The van der Waals surface area contributed by atoms with Crippen LogP contribution < -0.4 is 5.73 Å². The third-order valence-electron chi connectivity index (χ3n) is 1.71. The van der Waals surface area contributed by atoms with E-state index in [9.17, 15) is 4.79 Å². The largest absolute Gasteiger partial charge is 0.399 e. The number of alkyl halides is 1. The Hall–Kier alpha value is -1.02. The quantitative estimate of drug-likeness (QED) is 0.595. The van der Waals surface area contributed by atoms with Gasteiger partial charge in [0.1, 0.15) is 0 Å². The van der Waals surface area contributed by atoms with Crippen molar-refractivity contribution in [1.82, 2.24) is 0 Å². The van der Waals surface area contributed by atoms with E-state index < -0.39 is 0 Å². The number of nitrogen functional groups attached to an aromatic ring is 1. The van der Waals surface area contributed by atoms with Crippen molar-refractivity contribution in [2.24, 2.45) is 0 Å². The SMILES string of the molecule is Cc1cc(N)cc(CC(=O)CCl)c1. The van der Waals surface area contributed by atoms with Gasteiger partial charge in [0.25, 0.3) is 0 Å². The van der Waals surface area contributed by atoms with Crippen LogP contribution in [0.15, 0.2) is 18.2 Å². The molecule has 3 heteroatoms. The van der Waals surface area contributed by atoms with E-state index in [0.29, 0.717) is 12.1 Å². The van der Waals surface area contributed by atoms with Gasteiger partial charge in [-0.1, -0.05) is 6.07 Å². The van der Waals surface area contributed by atoms with Gasteiger partial charge in [-0.05, 0) is 30.2 Å². The Balaban J connectivity index is 2.83. The van der Waals surface area contributed by atoms with E-state index in [1.807, 2.05) is 19.1 Å². The van der Waals surface area contributed by atoms with Crippen LogP contribution >= 0.6 is 11.6 Å². The molecule has 0 aliphatic heterocycles. The molecule has 0 atom stereocenters. The molecule has 0 amide bonds. The summed E-state index contributed by atoms with van der Waals surface area (Å²) in [6.07, 6.45) is 0.370. The van der Waals surface area contributed by atoms with Crippen LogP contribution in [0.4, 0.5) is 5.69 Å². The van der Waals surface area contributed by atoms with E-state index in [1.54, 1.807) is 6.07 Å². The van der Waals surface area contributed by atoms with Gasteiger partial charge in [0.05, 0.1) is 5.88 Å². The van der Waals surface area contributed by atoms with Gasteiger partial charge in [-0.15, -0.1) is 11.6 Å². The average molecular weight is 198 g/mol. The second-order valence-electron chi connectivity index (χ2n) is 3.10. The molecule has 0 saturated carbocycles. The van der Waals surface area contributed by atoms with Crippen LogP contribution in [0.1, 0.15) is 11.1 Å². The molecule has 0 spiro atoms. The molecule has 0 aliphatic rings. The number of carbonyl (C=O) groups excluding carboxylic acids is 1. The third kappa shape index (κ3) is 3.07. The molecule has 0 unspecified atom stereocenters. The molecule has 0 aliphatic carbocycles. The Morgan fingerprint density at radius 1 is 1.46 bits per heavy atom. The molecule has 0 saturated heterocycles. The van der Waals surface area contributed by atoms with Crippen LogP contribution in [0, 0.1) is 6.92 Å². The van der Waals surface area contributed by atoms with Crippen LogP contribution in [0.25, 0.3) is 0 Å². The lowest BCUT2D eigenvalue weighted by atomic mass is 10.1. The first-order valence-electron chi connectivity index (χ1n) is 4.05. The molecule has 70 valence electrons. The standard InChI is InChI=1S/C10H12ClNO/c1-7-2-8(4-9(12)3-7)5-10(13)6-11/h2-4H,5-6,12H2,1H3. The smallest absolute Gasteiger partial charge is 0.151 e. The van der Waals surface area contributed by atoms with E-state index >= 15 is 0 Å². The van der Waals surface area contributed by atoms with Gasteiger partial charge in [-0.2, -0.15) is 0 Å². The number of ketones is 1. The average Bonchev–Trinajstić information content (AvgIpc) is 2.02. The number of Topliss-reactive ketones (excluding diaryl/α,β-unsaturated/α-hetero) is 1. The van der Waals surface area contributed by atoms with Crippen molar-refractivity contribution in [3.05, 3.63) is 29.3 Å². The fraction of sp³-hybridized carbons (Fsp3) is 0.300. The maximum atomic E-state index is 11.0. The Morgan fingerprint density at radius 3 is 2.69 bits per heavy atom. The zero-order valence-electron chi connectivity index (χ0n) is 7.51. The molecule has 0 bridgehead atoms. The topological polar surface area (TPSA) is 43.1 Å². The Labute approximate surface area is 82.7 Å². The van der Waals surface area contributed by atoms with Crippen molar-refractivity contribution in [2.75, 3.05) is 11.6 Å². The molecular weight excluding hydrogens is 186 g/mol. The van der Waals surface area contributed by atoms with Crippen LogP contribution in [-0.2, 0) is 11.2 Å². The first-order chi connectivity index (χ1) is 6.11. The summed E-state index contributed by atoms with van der Waals surface area (Å²) in [5, 5.41) is 0. The van der Waals surface area contributed by atoms with Crippen molar-refractivity contribution in [3.8, 4) is 0 Å². The number of rotatable bonds is 3. The zero-order valence-corrected chi connectivity index (χ0v) is 8.27. The van der Waals surface area contributed by atoms with E-state index in [-0.39, 0.29) is 11.7 Å². The summed E-state index contributed by atoms with van der Waals surface area (Å²) >= 11 is 5.40. The number of carbonyl (C=O) groups is 1. The van der Waals surface area contributed by atoms with Crippen LogP contribution in [0.5, 0.6) is 0 Å². The molecule has 13 heavy (non-hydrogen) atoms. The Kier molecular flexibility index (Phi) is 3.32. The monoisotopic (exact) mass is 197 g/mol. The number of halogens is 1. The van der Waals surface area contributed by atoms with Gasteiger partial charge >= 0.3 is 0 Å². The molecule has 0 fully saturated rings. The summed E-state index contributed by atoms with van der Waals surface area (Å²) < 4.78 is 0. The second-order valence-corrected chi connectivity index (χ2v) is 3.37. The summed E-state index contributed by atoms with van der Waals surface area (Å²) in [4.78, 5) is 11.0. The molecule has 1 aromatic rings. The van der Waals surface area contributed by atoms with Gasteiger partial charge in [0.2, 0.25) is 0 Å². The molecule has 2 nitrogen and oxygen atoms in total. The van der Waals surface area contributed by atoms with Crippen LogP contribution in [0.2, 0.25) is 0 Å². The van der Waals surface area contributed by atoms with Gasteiger partial charge in [-0.25, -0.2) is 0 Å². The van der Waals surface area contributed by atoms with E-state index in [0.717, 1.165) is 11.1 Å². The van der Waals surface area contributed by atoms with Crippen molar-refractivity contribution < 1.29 is 4.79 Å². The van der Waals surface area contributed by atoms with Crippen molar-refractivity contribution in [2.45, 2.75) is 13.3 Å². The number of anilines is 1. The van der Waals surface area contributed by atoms with Crippen molar-refractivity contribution in [1.29, 1.82) is 0 Å². The highest BCUT2D eigenvalue weighted by atomic mass is 35.5. The molecule has 2 N–H and O–H groups in total. The van der Waals surface area contributed by atoms with E-state index in [1.165, 1.54) is 0 Å². The van der Waals surface area contributed by atoms with Crippen molar-refractivity contribution in [3.63, 3.8) is 0 Å². The van der Waals surface area contributed by atoms with E-state index in [4.69, 9.17) is 17.3 Å². The molecule has 0 aromatic heterocycles. The molecule has 1 aromatic carbocycles. The molecular formula is C10H12ClNO. The van der Waals surface area contributed by atoms with Gasteiger partial charge < -0.3 is 5.73 Å². The predicted molar refractivity (Wildman–Crippen MR) is 55.0 cm³/mol. The third-order valence-corrected chi connectivity index (χ3v) is 2.01. The lowest BCUT2D eigenvalue weighted by Gasteiger charge is -2.02. The van der Waals surface area contributed by atoms with Gasteiger partial charge in [0, 0.05) is 12.1 Å². The molecule has 1 rings (SSSR count). The fourth-order valence-electron chi connectivity index (χ4n) is 1.27. The summed E-state index contributed by atoms with van der Waals surface area (Å²) in [6.45, 7) is 1.95. The van der Waals surface area contributed by atoms with Crippen molar-refractivity contribution >= 4 is 23.1 Å². The predicted octanol–water partition coefficient (Wildman–Crippen LogP) is 1.93. The highest BCUT2D eigenvalue weighted by Gasteiger charge is 2.02. The van der Waals surface area contributed by atoms with E-state index in [2.05, 4.69) is 0 Å². The minimum atomic E-state index is 0.0201. The summed E-state index contributed by atoms with van der Waals surface area (Å²) in [5.41, 5.74) is 8.32. The highest BCUT2D eigenvalue weighted by Crippen LogP contribution is 2.12. The Morgan fingerprint density at radius 2 is 2.15 bits per heavy atom. The maximum Gasteiger partial charge on any atom is 0.151 e. The summed E-state index contributed by atoms with van der Waals surface area (Å²) in [6, 6.07) is 5.62. The first kappa shape index (κ1) is 10.1. The number of benzene rings is 1. The Bertz CT molecular complexity index is 302. The fourth-order valence-corrected chi connectivity index (χ4v) is 1.37. The number of aryl methyl sites for hydroxylation is 1. The lowest BCUT2D eigenvalue weighted by molar-refractivity contribution is -0.116. The van der Waals surface area contributed by atoms with Gasteiger partial charge in [-0.3, -0.25) is 4.79 Å². The number of nitrogens with two attached hydrogens (primary N) is 1. The minimum absolute atomic E-state index is 0.0201. The summed E-state index contributed by atoms with van der Waals surface area (Å²) in [7, 11) is 0. The zero-order chi connectivity index (χ0) is 9.84. The van der Waals surface area contributed by atoms with Crippen LogP contribution in [-0.4, -0.2) is 11.7 Å². The van der Waals surface area contributed by atoms with Gasteiger partial charge in [0.15, 0.2) is 5.78 Å². The number of hydrogen-bond donors (Lipinski definition) is 1. The minimum Gasteiger partial charge on any atom is -0.399 e. The summed E-state index contributed by atoms with van der Waals surface area (Å²) in [5.74, 6) is 0.0834. The molecule has 0 radical (unpaired) electrons. The lowest BCUT2D eigenvalue weighted by Crippen LogP contribution is -2.04. The number of hydrogen-bond acceptors (Lipinski definition) is 2.